The zero-order valence-corrected chi connectivity index (χ0v) is 14.6. The van der Waals surface area contributed by atoms with E-state index in [1.807, 2.05) is 51.1 Å². The van der Waals surface area contributed by atoms with Crippen LogP contribution in [0.2, 0.25) is 0 Å². The highest BCUT2D eigenvalue weighted by molar-refractivity contribution is 5.93. The number of carbonyl (C=O) groups is 1. The Bertz CT molecular complexity index is 900. The van der Waals surface area contributed by atoms with Gasteiger partial charge in [-0.3, -0.25) is 9.78 Å². The molecule has 126 valence electrons. The van der Waals surface area contributed by atoms with E-state index >= 15 is 0 Å². The molecule has 25 heavy (non-hydrogen) atoms. The summed E-state index contributed by atoms with van der Waals surface area (Å²) in [5.74, 6) is -0.196. The van der Waals surface area contributed by atoms with Crippen LogP contribution in [0.1, 0.15) is 41.4 Å². The molecule has 0 saturated carbocycles. The lowest BCUT2D eigenvalue weighted by Gasteiger charge is -2.19. The van der Waals surface area contributed by atoms with Gasteiger partial charge in [-0.15, -0.1) is 0 Å². The molecule has 3 rings (SSSR count). The SMILES string of the molecule is Cc1c(-c2ccccc2)nc(C(C)C)c(C=O)c1-c1ccc(F)cc1. The Hall–Kier alpha value is -2.81. The second-order valence-corrected chi connectivity index (χ2v) is 6.40. The number of hydrogen-bond acceptors (Lipinski definition) is 2. The third kappa shape index (κ3) is 3.22. The highest BCUT2D eigenvalue weighted by Crippen LogP contribution is 2.36. The quantitative estimate of drug-likeness (QED) is 0.565. The molecule has 0 saturated heterocycles. The fraction of sp³-hybridized carbons (Fsp3) is 0.182. The zero-order valence-electron chi connectivity index (χ0n) is 14.6. The Morgan fingerprint density at radius 2 is 1.60 bits per heavy atom. The highest BCUT2D eigenvalue weighted by atomic mass is 19.1. The van der Waals surface area contributed by atoms with Crippen LogP contribution in [0, 0.1) is 12.7 Å². The van der Waals surface area contributed by atoms with Crippen molar-refractivity contribution < 1.29 is 9.18 Å². The molecule has 0 N–H and O–H groups in total. The molecule has 3 heteroatoms. The van der Waals surface area contributed by atoms with Gasteiger partial charge in [0, 0.05) is 11.1 Å². The molecular weight excluding hydrogens is 313 g/mol. The molecule has 2 nitrogen and oxygen atoms in total. The average Bonchev–Trinajstić information content (AvgIpc) is 2.62. The molecule has 0 radical (unpaired) electrons. The lowest BCUT2D eigenvalue weighted by atomic mass is 9.89. The van der Waals surface area contributed by atoms with Crippen LogP contribution in [0.25, 0.3) is 22.4 Å². The third-order valence-electron chi connectivity index (χ3n) is 4.35. The maximum absolute atomic E-state index is 13.4. The predicted octanol–water partition coefficient (Wildman–Crippen LogP) is 5.80. The molecule has 1 aromatic heterocycles. The number of rotatable bonds is 4. The second kappa shape index (κ2) is 6.98. The minimum absolute atomic E-state index is 0.0995. The van der Waals surface area contributed by atoms with E-state index in [1.54, 1.807) is 12.1 Å². The van der Waals surface area contributed by atoms with Crippen LogP contribution >= 0.6 is 0 Å². The van der Waals surface area contributed by atoms with Gasteiger partial charge < -0.3 is 0 Å². The summed E-state index contributed by atoms with van der Waals surface area (Å²) in [5.41, 5.74) is 5.77. The monoisotopic (exact) mass is 333 g/mol. The summed E-state index contributed by atoms with van der Waals surface area (Å²) in [5, 5.41) is 0. The molecule has 0 aliphatic rings. The van der Waals surface area contributed by atoms with Crippen molar-refractivity contribution in [3.63, 3.8) is 0 Å². The molecule has 1 heterocycles. The van der Waals surface area contributed by atoms with E-state index < -0.39 is 0 Å². The number of halogens is 1. The second-order valence-electron chi connectivity index (χ2n) is 6.40. The van der Waals surface area contributed by atoms with Crippen molar-refractivity contribution in [1.29, 1.82) is 0 Å². The molecule has 0 atom stereocenters. The Labute approximate surface area is 147 Å². The Morgan fingerprint density at radius 1 is 0.960 bits per heavy atom. The van der Waals surface area contributed by atoms with E-state index in [9.17, 15) is 9.18 Å². The molecule has 0 amide bonds. The first-order valence-corrected chi connectivity index (χ1v) is 8.34. The molecular formula is C22H20FNO. The summed E-state index contributed by atoms with van der Waals surface area (Å²) < 4.78 is 13.4. The van der Waals surface area contributed by atoms with E-state index in [-0.39, 0.29) is 11.7 Å². The Balaban J connectivity index is 2.37. The fourth-order valence-electron chi connectivity index (χ4n) is 3.14. The molecule has 2 aromatic carbocycles. The average molecular weight is 333 g/mol. The minimum Gasteiger partial charge on any atom is -0.298 e. The number of nitrogens with zero attached hydrogens (tertiary/aromatic N) is 1. The van der Waals surface area contributed by atoms with Crippen molar-refractivity contribution in [2.75, 3.05) is 0 Å². The van der Waals surface area contributed by atoms with Crippen LogP contribution in [0.15, 0.2) is 54.6 Å². The lowest BCUT2D eigenvalue weighted by Crippen LogP contribution is -2.07. The van der Waals surface area contributed by atoms with Gasteiger partial charge in [0.25, 0.3) is 0 Å². The van der Waals surface area contributed by atoms with Crippen molar-refractivity contribution >= 4 is 6.29 Å². The van der Waals surface area contributed by atoms with Crippen molar-refractivity contribution in [1.82, 2.24) is 4.98 Å². The normalized spacial score (nSPS) is 10.9. The number of aromatic nitrogens is 1. The number of carbonyl (C=O) groups excluding carboxylic acids is 1. The molecule has 3 aromatic rings. The topological polar surface area (TPSA) is 30.0 Å². The fourth-order valence-corrected chi connectivity index (χ4v) is 3.14. The van der Waals surface area contributed by atoms with Gasteiger partial charge in [-0.1, -0.05) is 56.3 Å². The Kier molecular flexibility index (Phi) is 4.75. The molecule has 0 aliphatic carbocycles. The highest BCUT2D eigenvalue weighted by Gasteiger charge is 2.20. The van der Waals surface area contributed by atoms with Gasteiger partial charge in [0.05, 0.1) is 11.4 Å². The van der Waals surface area contributed by atoms with Crippen molar-refractivity contribution in [3.05, 3.63) is 77.2 Å². The first-order chi connectivity index (χ1) is 12.0. The first kappa shape index (κ1) is 17.0. The number of benzene rings is 2. The van der Waals surface area contributed by atoms with Gasteiger partial charge in [-0.05, 0) is 41.7 Å². The molecule has 0 bridgehead atoms. The van der Waals surface area contributed by atoms with Crippen LogP contribution in [0.5, 0.6) is 0 Å². The molecule has 0 aliphatic heterocycles. The largest absolute Gasteiger partial charge is 0.298 e. The number of pyridine rings is 1. The van der Waals surface area contributed by atoms with Crippen molar-refractivity contribution in [2.45, 2.75) is 26.7 Å². The Morgan fingerprint density at radius 3 is 2.16 bits per heavy atom. The van der Waals surface area contributed by atoms with Crippen LogP contribution in [-0.4, -0.2) is 11.3 Å². The maximum Gasteiger partial charge on any atom is 0.152 e. The van der Waals surface area contributed by atoms with Crippen molar-refractivity contribution in [2.24, 2.45) is 0 Å². The molecule has 0 fully saturated rings. The van der Waals surface area contributed by atoms with E-state index in [4.69, 9.17) is 4.98 Å². The summed E-state index contributed by atoms with van der Waals surface area (Å²) in [6, 6.07) is 16.2. The van der Waals surface area contributed by atoms with Crippen LogP contribution in [0.4, 0.5) is 4.39 Å². The van der Waals surface area contributed by atoms with E-state index in [0.717, 1.165) is 39.9 Å². The molecule has 0 spiro atoms. The summed E-state index contributed by atoms with van der Waals surface area (Å²) in [6.45, 7) is 6.01. The van der Waals surface area contributed by atoms with Gasteiger partial charge >= 0.3 is 0 Å². The van der Waals surface area contributed by atoms with Gasteiger partial charge in [0.15, 0.2) is 6.29 Å². The number of hydrogen-bond donors (Lipinski definition) is 0. The zero-order chi connectivity index (χ0) is 18.0. The summed E-state index contributed by atoms with van der Waals surface area (Å²) in [7, 11) is 0. The van der Waals surface area contributed by atoms with Crippen LogP contribution in [0.3, 0.4) is 0 Å². The summed E-state index contributed by atoms with van der Waals surface area (Å²) >= 11 is 0. The maximum atomic E-state index is 13.4. The minimum atomic E-state index is -0.296. The van der Waals surface area contributed by atoms with Crippen molar-refractivity contribution in [3.8, 4) is 22.4 Å². The first-order valence-electron chi connectivity index (χ1n) is 8.34. The number of aldehydes is 1. The standard InChI is InChI=1S/C22H20FNO/c1-14(2)21-19(13-25)20(16-9-11-18(23)12-10-16)15(3)22(24-21)17-7-5-4-6-8-17/h4-14H,1-3H3. The summed E-state index contributed by atoms with van der Waals surface area (Å²) in [4.78, 5) is 16.7. The smallest absolute Gasteiger partial charge is 0.152 e. The summed E-state index contributed by atoms with van der Waals surface area (Å²) in [6.07, 6.45) is 0.864. The predicted molar refractivity (Wildman–Crippen MR) is 99.3 cm³/mol. The van der Waals surface area contributed by atoms with Crippen LogP contribution < -0.4 is 0 Å². The third-order valence-corrected chi connectivity index (χ3v) is 4.35. The van der Waals surface area contributed by atoms with E-state index in [1.165, 1.54) is 12.1 Å². The lowest BCUT2D eigenvalue weighted by molar-refractivity contribution is 0.112. The van der Waals surface area contributed by atoms with E-state index in [2.05, 4.69) is 0 Å². The van der Waals surface area contributed by atoms with Gasteiger partial charge in [0.1, 0.15) is 5.82 Å². The van der Waals surface area contributed by atoms with Crippen LogP contribution in [-0.2, 0) is 0 Å². The van der Waals surface area contributed by atoms with Gasteiger partial charge in [-0.25, -0.2) is 4.39 Å². The van der Waals surface area contributed by atoms with Gasteiger partial charge in [0.2, 0.25) is 0 Å². The molecule has 0 unspecified atom stereocenters. The van der Waals surface area contributed by atoms with E-state index in [0.29, 0.717) is 5.56 Å². The van der Waals surface area contributed by atoms with Gasteiger partial charge in [-0.2, -0.15) is 0 Å².